The number of aromatic amines is 1. The number of aromatic nitrogens is 2. The molecule has 0 atom stereocenters. The summed E-state index contributed by atoms with van der Waals surface area (Å²) >= 11 is 0. The van der Waals surface area contributed by atoms with Crippen molar-refractivity contribution in [1.82, 2.24) is 9.97 Å². The molecule has 7 heteroatoms. The second-order valence-electron chi connectivity index (χ2n) is 4.25. The van der Waals surface area contributed by atoms with Crippen LogP contribution in [0.5, 0.6) is 0 Å². The van der Waals surface area contributed by atoms with Crippen molar-refractivity contribution >= 4 is 17.6 Å². The number of aryl methyl sites for hydroxylation is 1. The van der Waals surface area contributed by atoms with Crippen LogP contribution < -0.4 is 5.32 Å². The van der Waals surface area contributed by atoms with Gasteiger partial charge < -0.3 is 15.0 Å². The van der Waals surface area contributed by atoms with Gasteiger partial charge in [0.25, 0.3) is 5.91 Å². The van der Waals surface area contributed by atoms with Gasteiger partial charge in [-0.2, -0.15) is 4.39 Å². The van der Waals surface area contributed by atoms with Crippen LogP contribution in [0.25, 0.3) is 0 Å². The number of carbonyl (C=O) groups excluding carboxylic acids is 2. The van der Waals surface area contributed by atoms with Crippen LogP contribution in [-0.4, -0.2) is 28.5 Å². The molecule has 0 radical (unpaired) electrons. The first-order valence-corrected chi connectivity index (χ1v) is 6.31. The molecule has 2 rings (SSSR count). The Hall–Kier alpha value is -2.70. The first-order valence-electron chi connectivity index (χ1n) is 6.31. The molecule has 6 nitrogen and oxygen atoms in total. The van der Waals surface area contributed by atoms with Crippen molar-refractivity contribution in [2.75, 3.05) is 11.9 Å². The minimum Gasteiger partial charge on any atom is -0.462 e. The number of ether oxygens (including phenoxy) is 1. The third-order valence-electron chi connectivity index (χ3n) is 2.79. The number of carbonyl (C=O) groups is 2. The van der Waals surface area contributed by atoms with E-state index < -0.39 is 17.8 Å². The fourth-order valence-electron chi connectivity index (χ4n) is 1.80. The summed E-state index contributed by atoms with van der Waals surface area (Å²) in [5.41, 5.74) is 1.34. The van der Waals surface area contributed by atoms with Gasteiger partial charge in [-0.15, -0.1) is 0 Å². The maximum absolute atomic E-state index is 12.7. The zero-order valence-electron chi connectivity index (χ0n) is 11.6. The van der Waals surface area contributed by atoms with Gasteiger partial charge >= 0.3 is 5.97 Å². The smallest absolute Gasteiger partial charge is 0.342 e. The quantitative estimate of drug-likeness (QED) is 0.668. The van der Waals surface area contributed by atoms with E-state index in [4.69, 9.17) is 4.74 Å². The predicted octanol–water partition coefficient (Wildman–Crippen LogP) is 2.29. The number of anilines is 1. The van der Waals surface area contributed by atoms with Crippen molar-refractivity contribution in [2.45, 2.75) is 13.8 Å². The average Bonchev–Trinajstić information content (AvgIpc) is 2.80. The van der Waals surface area contributed by atoms with E-state index in [0.29, 0.717) is 11.4 Å². The molecule has 0 saturated carbocycles. The normalized spacial score (nSPS) is 10.2. The molecule has 110 valence electrons. The molecule has 0 bridgehead atoms. The van der Waals surface area contributed by atoms with E-state index in [-0.39, 0.29) is 17.7 Å². The van der Waals surface area contributed by atoms with Crippen molar-refractivity contribution in [1.29, 1.82) is 0 Å². The van der Waals surface area contributed by atoms with Crippen LogP contribution in [0.3, 0.4) is 0 Å². The molecule has 0 aromatic carbocycles. The molecule has 21 heavy (non-hydrogen) atoms. The fraction of sp³-hybridized carbons (Fsp3) is 0.214. The van der Waals surface area contributed by atoms with Gasteiger partial charge in [-0.05, 0) is 26.0 Å². The number of halogens is 1. The maximum atomic E-state index is 12.7. The lowest BCUT2D eigenvalue weighted by Gasteiger charge is -2.07. The summed E-state index contributed by atoms with van der Waals surface area (Å²) in [5.74, 6) is -1.69. The van der Waals surface area contributed by atoms with Crippen LogP contribution >= 0.6 is 0 Å². The molecule has 0 aliphatic heterocycles. The molecule has 0 spiro atoms. The third-order valence-corrected chi connectivity index (χ3v) is 2.79. The summed E-state index contributed by atoms with van der Waals surface area (Å²) in [6.45, 7) is 3.63. The number of pyridine rings is 1. The van der Waals surface area contributed by atoms with Crippen LogP contribution in [0.2, 0.25) is 0 Å². The number of nitrogens with one attached hydrogen (secondary N) is 2. The summed E-state index contributed by atoms with van der Waals surface area (Å²) in [5, 5.41) is 2.57. The van der Waals surface area contributed by atoms with Crippen LogP contribution in [0.4, 0.5) is 10.1 Å². The lowest BCUT2D eigenvalue weighted by Crippen LogP contribution is -2.15. The zero-order chi connectivity index (χ0) is 15.4. The van der Waals surface area contributed by atoms with Gasteiger partial charge in [-0.1, -0.05) is 0 Å². The first kappa shape index (κ1) is 14.7. The second kappa shape index (κ2) is 6.17. The highest BCUT2D eigenvalue weighted by molar-refractivity contribution is 6.08. The Morgan fingerprint density at radius 1 is 1.43 bits per heavy atom. The topological polar surface area (TPSA) is 84.1 Å². The van der Waals surface area contributed by atoms with Gasteiger partial charge in [0, 0.05) is 18.1 Å². The van der Waals surface area contributed by atoms with Crippen LogP contribution in [0, 0.1) is 12.9 Å². The Labute approximate surface area is 120 Å². The highest BCUT2D eigenvalue weighted by Crippen LogP contribution is 2.21. The van der Waals surface area contributed by atoms with Crippen molar-refractivity contribution in [3.8, 4) is 0 Å². The lowest BCUT2D eigenvalue weighted by atomic mass is 10.2. The molecule has 0 saturated heterocycles. The van der Waals surface area contributed by atoms with E-state index in [1.807, 2.05) is 0 Å². The summed E-state index contributed by atoms with van der Waals surface area (Å²) in [6.07, 6.45) is 2.62. The Morgan fingerprint density at radius 2 is 2.19 bits per heavy atom. The molecular weight excluding hydrogens is 277 g/mol. The van der Waals surface area contributed by atoms with Crippen LogP contribution in [-0.2, 0) is 4.74 Å². The third kappa shape index (κ3) is 3.25. The van der Waals surface area contributed by atoms with E-state index >= 15 is 0 Å². The predicted molar refractivity (Wildman–Crippen MR) is 73.6 cm³/mol. The monoisotopic (exact) mass is 291 g/mol. The molecule has 2 heterocycles. The van der Waals surface area contributed by atoms with E-state index in [0.717, 1.165) is 12.3 Å². The van der Waals surface area contributed by atoms with E-state index in [2.05, 4.69) is 15.3 Å². The molecule has 0 unspecified atom stereocenters. The molecule has 2 aromatic rings. The van der Waals surface area contributed by atoms with Gasteiger partial charge in [-0.25, -0.2) is 9.78 Å². The minimum atomic E-state index is -0.670. The Kier molecular flexibility index (Phi) is 4.32. The molecule has 2 aromatic heterocycles. The number of amides is 1. The summed E-state index contributed by atoms with van der Waals surface area (Å²) in [4.78, 5) is 30.1. The van der Waals surface area contributed by atoms with E-state index in [1.54, 1.807) is 13.8 Å². The molecule has 0 aliphatic carbocycles. The summed E-state index contributed by atoms with van der Waals surface area (Å²) in [7, 11) is 0. The van der Waals surface area contributed by atoms with E-state index in [9.17, 15) is 14.0 Å². The average molecular weight is 291 g/mol. The standard InChI is InChI=1S/C14H14FN3O3/c1-3-21-14(20)12-8(2)16-7-10(12)18-13(19)9-4-5-11(15)17-6-9/h4-7,16H,3H2,1-2H3,(H,18,19). The number of rotatable bonds is 4. The highest BCUT2D eigenvalue weighted by Gasteiger charge is 2.19. The number of nitrogens with zero attached hydrogens (tertiary/aromatic N) is 1. The number of H-pyrrole nitrogens is 1. The van der Waals surface area contributed by atoms with Gasteiger partial charge in [-0.3, -0.25) is 4.79 Å². The Bertz CT molecular complexity index is 665. The Balaban J connectivity index is 2.22. The lowest BCUT2D eigenvalue weighted by molar-refractivity contribution is 0.0527. The molecule has 2 N–H and O–H groups in total. The van der Waals surface area contributed by atoms with Gasteiger partial charge in [0.1, 0.15) is 5.56 Å². The number of esters is 1. The second-order valence-corrected chi connectivity index (χ2v) is 4.25. The molecule has 0 aliphatic rings. The largest absolute Gasteiger partial charge is 0.462 e. The first-order chi connectivity index (χ1) is 10.0. The van der Waals surface area contributed by atoms with Crippen molar-refractivity contribution in [3.63, 3.8) is 0 Å². The van der Waals surface area contributed by atoms with Crippen molar-refractivity contribution < 1.29 is 18.7 Å². The zero-order valence-corrected chi connectivity index (χ0v) is 11.6. The number of hydrogen-bond acceptors (Lipinski definition) is 4. The van der Waals surface area contributed by atoms with Gasteiger partial charge in [0.2, 0.25) is 5.95 Å². The van der Waals surface area contributed by atoms with Crippen molar-refractivity contribution in [2.24, 2.45) is 0 Å². The summed E-state index contributed by atoms with van der Waals surface area (Å²) in [6, 6.07) is 2.39. The SMILES string of the molecule is CCOC(=O)c1c(NC(=O)c2ccc(F)nc2)c[nH]c1C. The molecular formula is C14H14FN3O3. The van der Waals surface area contributed by atoms with Gasteiger partial charge in [0.05, 0.1) is 17.9 Å². The molecule has 0 fully saturated rings. The number of hydrogen-bond donors (Lipinski definition) is 2. The minimum absolute atomic E-state index is 0.185. The summed E-state index contributed by atoms with van der Waals surface area (Å²) < 4.78 is 17.7. The van der Waals surface area contributed by atoms with E-state index in [1.165, 1.54) is 12.3 Å². The van der Waals surface area contributed by atoms with Crippen molar-refractivity contribution in [3.05, 3.63) is 47.3 Å². The maximum Gasteiger partial charge on any atom is 0.342 e. The van der Waals surface area contributed by atoms with Gasteiger partial charge in [0.15, 0.2) is 0 Å². The van der Waals surface area contributed by atoms with Crippen LogP contribution in [0.1, 0.15) is 33.3 Å². The fourth-order valence-corrected chi connectivity index (χ4v) is 1.80. The molecule has 1 amide bonds. The van der Waals surface area contributed by atoms with Crippen LogP contribution in [0.15, 0.2) is 24.5 Å². The highest BCUT2D eigenvalue weighted by atomic mass is 19.1. The Morgan fingerprint density at radius 3 is 2.81 bits per heavy atom.